The molecule has 2 rings (SSSR count). The second kappa shape index (κ2) is 9.82. The maximum Gasteiger partial charge on any atom is 0.311 e. The molecule has 0 aliphatic rings. The Morgan fingerprint density at radius 2 is 1.77 bits per heavy atom. The molecule has 0 N–H and O–H groups in total. The van der Waals surface area contributed by atoms with Gasteiger partial charge >= 0.3 is 5.97 Å². The number of aryl methyl sites for hydroxylation is 2. The number of ether oxygens (including phenoxy) is 2. The lowest BCUT2D eigenvalue weighted by atomic mass is 9.86. The van der Waals surface area contributed by atoms with E-state index in [1.807, 2.05) is 49.7 Å². The van der Waals surface area contributed by atoms with Crippen LogP contribution in [0.4, 0.5) is 0 Å². The van der Waals surface area contributed by atoms with E-state index in [0.29, 0.717) is 17.9 Å². The number of nitrogens with zero attached hydrogens (tertiary/aromatic N) is 3. The average Bonchev–Trinajstić information content (AvgIpc) is 3.00. The van der Waals surface area contributed by atoms with Gasteiger partial charge in [-0.1, -0.05) is 58.9 Å². The summed E-state index contributed by atoms with van der Waals surface area (Å²) in [7, 11) is 0. The summed E-state index contributed by atoms with van der Waals surface area (Å²) >= 11 is 0. The number of esters is 1. The third-order valence-corrected chi connectivity index (χ3v) is 5.20. The molecule has 0 saturated carbocycles. The number of aromatic nitrogens is 2. The fourth-order valence-electron chi connectivity index (χ4n) is 3.14. The lowest BCUT2D eigenvalue weighted by Gasteiger charge is -2.20. The number of hydrogen-bond donors (Lipinski definition) is 0. The van der Waals surface area contributed by atoms with Gasteiger partial charge in [0, 0.05) is 12.1 Å². The summed E-state index contributed by atoms with van der Waals surface area (Å²) in [4.78, 5) is 11.9. The molecule has 0 unspecified atom stereocenters. The van der Waals surface area contributed by atoms with Crippen LogP contribution in [0.15, 0.2) is 24.3 Å². The Morgan fingerprint density at radius 3 is 2.26 bits per heavy atom. The topological polar surface area (TPSA) is 77.1 Å². The molecule has 1 aromatic carbocycles. The van der Waals surface area contributed by atoms with Crippen LogP contribution >= 0.6 is 0 Å². The van der Waals surface area contributed by atoms with E-state index in [0.717, 1.165) is 22.5 Å². The van der Waals surface area contributed by atoms with Crippen LogP contribution in [0.5, 0.6) is 0 Å². The number of nitriles is 1. The van der Waals surface area contributed by atoms with Crippen LogP contribution in [0, 0.1) is 31.1 Å². The van der Waals surface area contributed by atoms with Crippen molar-refractivity contribution in [2.45, 2.75) is 67.3 Å². The Labute approximate surface area is 185 Å². The largest absolute Gasteiger partial charge is 0.454 e. The second-order valence-corrected chi connectivity index (χ2v) is 8.90. The van der Waals surface area contributed by atoms with Crippen molar-refractivity contribution < 1.29 is 14.3 Å². The smallest absolute Gasteiger partial charge is 0.311 e. The number of benzene rings is 1. The normalized spacial score (nSPS) is 12.4. The number of allylic oxidation sites excluding steroid dienone is 1. The van der Waals surface area contributed by atoms with E-state index >= 15 is 0 Å². The predicted octanol–water partition coefficient (Wildman–Crippen LogP) is 5.38. The fourth-order valence-corrected chi connectivity index (χ4v) is 3.14. The molecule has 0 aliphatic heterocycles. The molecule has 0 amide bonds. The zero-order chi connectivity index (χ0) is 23.3. The van der Waals surface area contributed by atoms with Crippen molar-refractivity contribution in [1.29, 1.82) is 5.26 Å². The standard InChI is InChI=1S/C25H33N3O3/c1-9-28-22(17(4)18(5)27-28)23(30-15-31-24(29)16(2)3)21(14-26)19-10-12-20(13-11-19)25(6,7)8/h10-13,16H,9,15H2,1-8H3/b23-21-. The molecule has 0 radical (unpaired) electrons. The Bertz CT molecular complexity index is 1000. The lowest BCUT2D eigenvalue weighted by Crippen LogP contribution is -2.15. The van der Waals surface area contributed by atoms with E-state index in [9.17, 15) is 10.1 Å². The molecule has 166 valence electrons. The Morgan fingerprint density at radius 1 is 1.16 bits per heavy atom. The third kappa shape index (κ3) is 5.55. The van der Waals surface area contributed by atoms with Crippen molar-refractivity contribution in [2.24, 2.45) is 5.92 Å². The first-order chi connectivity index (χ1) is 14.5. The van der Waals surface area contributed by atoms with E-state index in [-0.39, 0.29) is 24.1 Å². The fraction of sp³-hybridized carbons (Fsp3) is 0.480. The maximum absolute atomic E-state index is 11.9. The van der Waals surface area contributed by atoms with Gasteiger partial charge in [-0.25, -0.2) is 0 Å². The molecule has 6 heteroatoms. The zero-order valence-electron chi connectivity index (χ0n) is 19.9. The number of carbonyl (C=O) groups is 1. The summed E-state index contributed by atoms with van der Waals surface area (Å²) in [5, 5.41) is 14.6. The monoisotopic (exact) mass is 423 g/mol. The van der Waals surface area contributed by atoms with Crippen LogP contribution in [-0.2, 0) is 26.2 Å². The number of rotatable bonds is 7. The predicted molar refractivity (Wildman–Crippen MR) is 122 cm³/mol. The average molecular weight is 424 g/mol. The Balaban J connectivity index is 2.59. The van der Waals surface area contributed by atoms with Gasteiger partial charge in [-0.05, 0) is 37.3 Å². The molecule has 0 bridgehead atoms. The van der Waals surface area contributed by atoms with E-state index in [1.165, 1.54) is 5.56 Å². The minimum Gasteiger partial charge on any atom is -0.454 e. The second-order valence-electron chi connectivity index (χ2n) is 8.90. The van der Waals surface area contributed by atoms with Crippen LogP contribution in [0.3, 0.4) is 0 Å². The number of hydrogen-bond acceptors (Lipinski definition) is 5. The van der Waals surface area contributed by atoms with Crippen molar-refractivity contribution in [3.05, 3.63) is 52.3 Å². The minimum absolute atomic E-state index is 0.00790. The summed E-state index contributed by atoms with van der Waals surface area (Å²) in [5.74, 6) is -0.256. The van der Waals surface area contributed by atoms with Crippen LogP contribution in [0.25, 0.3) is 11.3 Å². The van der Waals surface area contributed by atoms with Gasteiger partial charge in [0.25, 0.3) is 0 Å². The Hall–Kier alpha value is -3.07. The molecule has 0 fully saturated rings. The maximum atomic E-state index is 11.9. The first-order valence-corrected chi connectivity index (χ1v) is 10.6. The quantitative estimate of drug-likeness (QED) is 0.258. The van der Waals surface area contributed by atoms with Gasteiger partial charge in [-0.15, -0.1) is 0 Å². The third-order valence-electron chi connectivity index (χ3n) is 5.20. The summed E-state index contributed by atoms with van der Waals surface area (Å²) < 4.78 is 13.0. The highest BCUT2D eigenvalue weighted by atomic mass is 16.7. The van der Waals surface area contributed by atoms with Gasteiger partial charge in [-0.3, -0.25) is 9.48 Å². The highest BCUT2D eigenvalue weighted by molar-refractivity contribution is 5.94. The van der Waals surface area contributed by atoms with E-state index in [4.69, 9.17) is 9.47 Å². The first-order valence-electron chi connectivity index (χ1n) is 10.6. The molecule has 1 heterocycles. The molecule has 31 heavy (non-hydrogen) atoms. The number of carbonyl (C=O) groups excluding carboxylic acids is 1. The van der Waals surface area contributed by atoms with Crippen molar-refractivity contribution >= 4 is 17.3 Å². The molecule has 6 nitrogen and oxygen atoms in total. The lowest BCUT2D eigenvalue weighted by molar-refractivity contribution is -0.155. The van der Waals surface area contributed by atoms with E-state index < -0.39 is 0 Å². The van der Waals surface area contributed by atoms with Gasteiger partial charge in [0.15, 0.2) is 5.76 Å². The zero-order valence-corrected chi connectivity index (χ0v) is 19.9. The first kappa shape index (κ1) is 24.2. The van der Waals surface area contributed by atoms with E-state index in [2.05, 4.69) is 31.9 Å². The van der Waals surface area contributed by atoms with Gasteiger partial charge in [0.1, 0.15) is 17.3 Å². The molecular formula is C25H33N3O3. The molecule has 2 aromatic rings. The highest BCUT2D eigenvalue weighted by Crippen LogP contribution is 2.32. The summed E-state index contributed by atoms with van der Waals surface area (Å²) in [6.45, 7) is 16.2. The van der Waals surface area contributed by atoms with Crippen LogP contribution in [0.2, 0.25) is 0 Å². The Kier molecular flexibility index (Phi) is 7.67. The van der Waals surface area contributed by atoms with Gasteiger partial charge in [-0.2, -0.15) is 10.4 Å². The molecule has 0 spiro atoms. The van der Waals surface area contributed by atoms with Gasteiger partial charge < -0.3 is 9.47 Å². The highest BCUT2D eigenvalue weighted by Gasteiger charge is 2.23. The molecular weight excluding hydrogens is 390 g/mol. The van der Waals surface area contributed by atoms with Gasteiger partial charge in [0.05, 0.1) is 11.6 Å². The molecule has 1 aromatic heterocycles. The molecule has 0 saturated heterocycles. The molecule has 0 aliphatic carbocycles. The van der Waals surface area contributed by atoms with Crippen LogP contribution in [-0.4, -0.2) is 22.5 Å². The van der Waals surface area contributed by atoms with Crippen LogP contribution < -0.4 is 0 Å². The SMILES string of the molecule is CCn1nc(C)c(C)c1/C(OCOC(=O)C(C)C)=C(\C#N)c1ccc(C(C)(C)C)cc1. The van der Waals surface area contributed by atoms with Crippen molar-refractivity contribution in [2.75, 3.05) is 6.79 Å². The van der Waals surface area contributed by atoms with Gasteiger partial charge in [0.2, 0.25) is 6.79 Å². The van der Waals surface area contributed by atoms with E-state index in [1.54, 1.807) is 13.8 Å². The van der Waals surface area contributed by atoms with Crippen molar-refractivity contribution in [1.82, 2.24) is 9.78 Å². The minimum atomic E-state index is -0.357. The van der Waals surface area contributed by atoms with Crippen molar-refractivity contribution in [3.63, 3.8) is 0 Å². The summed E-state index contributed by atoms with van der Waals surface area (Å²) in [6, 6.07) is 10.2. The summed E-state index contributed by atoms with van der Waals surface area (Å²) in [6.07, 6.45) is 0. The summed E-state index contributed by atoms with van der Waals surface area (Å²) in [5.41, 5.74) is 4.79. The van der Waals surface area contributed by atoms with Crippen molar-refractivity contribution in [3.8, 4) is 6.07 Å². The van der Waals surface area contributed by atoms with Crippen LogP contribution in [0.1, 0.15) is 69.6 Å². The molecule has 0 atom stereocenters.